The van der Waals surface area contributed by atoms with E-state index in [2.05, 4.69) is 0 Å². The van der Waals surface area contributed by atoms with Gasteiger partial charge < -0.3 is 9.47 Å². The molecule has 0 bridgehead atoms. The van der Waals surface area contributed by atoms with Crippen molar-refractivity contribution in [3.63, 3.8) is 0 Å². The molecule has 26 heavy (non-hydrogen) atoms. The minimum atomic E-state index is -0.681. The van der Waals surface area contributed by atoms with Crippen molar-refractivity contribution in [2.45, 2.75) is 6.92 Å². The van der Waals surface area contributed by atoms with Crippen molar-refractivity contribution in [2.75, 3.05) is 19.8 Å². The first kappa shape index (κ1) is 17.6. The fourth-order valence-corrected chi connectivity index (χ4v) is 2.59. The van der Waals surface area contributed by atoms with Gasteiger partial charge in [0, 0.05) is 5.56 Å². The number of ketones is 1. The lowest BCUT2D eigenvalue weighted by Gasteiger charge is -2.17. The zero-order valence-corrected chi connectivity index (χ0v) is 14.0. The molecule has 134 valence electrons. The topological polar surface area (TPSA) is 72.9 Å². The summed E-state index contributed by atoms with van der Waals surface area (Å²) >= 11 is 0. The lowest BCUT2D eigenvalue weighted by Crippen LogP contribution is -2.41. The van der Waals surface area contributed by atoms with Crippen molar-refractivity contribution in [3.8, 4) is 11.5 Å². The van der Waals surface area contributed by atoms with Crippen molar-refractivity contribution in [1.29, 1.82) is 0 Å². The van der Waals surface area contributed by atoms with Gasteiger partial charge in [0.25, 0.3) is 11.8 Å². The van der Waals surface area contributed by atoms with Gasteiger partial charge in [-0.05, 0) is 37.3 Å². The molecule has 1 aliphatic heterocycles. The molecule has 1 heterocycles. The number of nitrogens with zero attached hydrogens (tertiary/aromatic N) is 1. The fourth-order valence-electron chi connectivity index (χ4n) is 2.59. The molecule has 0 unspecified atom stereocenters. The van der Waals surface area contributed by atoms with E-state index >= 15 is 0 Å². The van der Waals surface area contributed by atoms with Gasteiger partial charge in [-0.15, -0.1) is 0 Å². The van der Waals surface area contributed by atoms with E-state index in [1.165, 1.54) is 18.2 Å². The minimum absolute atomic E-state index is 0.0355. The number of ether oxygens (including phenoxy) is 2. The maximum Gasteiger partial charge on any atom is 0.267 e. The van der Waals surface area contributed by atoms with E-state index in [4.69, 9.17) is 9.47 Å². The molecule has 0 radical (unpaired) electrons. The second kappa shape index (κ2) is 7.35. The number of benzene rings is 2. The Kier molecular flexibility index (Phi) is 4.97. The molecular formula is C19H16FNO5. The molecule has 0 atom stereocenters. The summed E-state index contributed by atoms with van der Waals surface area (Å²) < 4.78 is 24.3. The zero-order valence-electron chi connectivity index (χ0n) is 14.0. The summed E-state index contributed by atoms with van der Waals surface area (Å²) in [6.07, 6.45) is 0. The highest BCUT2D eigenvalue weighted by molar-refractivity contribution is 6.11. The van der Waals surface area contributed by atoms with Crippen LogP contribution in [-0.2, 0) is 4.79 Å². The predicted octanol–water partition coefficient (Wildman–Crippen LogP) is 2.47. The van der Waals surface area contributed by atoms with E-state index in [9.17, 15) is 18.8 Å². The molecule has 0 saturated heterocycles. The number of hydrogen-bond acceptors (Lipinski definition) is 5. The standard InChI is InChI=1S/C19H16FNO5/c1-2-25-17-8-7-12(9-14(17)20)15(22)10-21-18(23)11-26-16-6-4-3-5-13(16)19(21)24/h3-9H,2,10-11H2,1H3. The molecule has 0 aromatic heterocycles. The minimum Gasteiger partial charge on any atom is -0.491 e. The van der Waals surface area contributed by atoms with Crippen LogP contribution in [0.15, 0.2) is 42.5 Å². The molecule has 6 nitrogen and oxygen atoms in total. The van der Waals surface area contributed by atoms with E-state index in [-0.39, 0.29) is 29.2 Å². The number of imide groups is 1. The summed E-state index contributed by atoms with van der Waals surface area (Å²) in [6, 6.07) is 10.2. The average Bonchev–Trinajstić information content (AvgIpc) is 2.76. The highest BCUT2D eigenvalue weighted by atomic mass is 19.1. The Morgan fingerprint density at radius 1 is 1.23 bits per heavy atom. The SMILES string of the molecule is CCOc1ccc(C(=O)CN2C(=O)COc3ccccc3C2=O)cc1F. The predicted molar refractivity (Wildman–Crippen MR) is 89.9 cm³/mol. The third kappa shape index (κ3) is 3.42. The van der Waals surface area contributed by atoms with Crippen LogP contribution in [0.3, 0.4) is 0 Å². The highest BCUT2D eigenvalue weighted by Crippen LogP contribution is 2.24. The van der Waals surface area contributed by atoms with Crippen molar-refractivity contribution in [1.82, 2.24) is 4.90 Å². The first-order chi connectivity index (χ1) is 12.5. The van der Waals surface area contributed by atoms with Gasteiger partial charge in [0.05, 0.1) is 18.7 Å². The third-order valence-corrected chi connectivity index (χ3v) is 3.87. The number of Topliss-reactive ketones (excluding diaryl/α,β-unsaturated/α-hetero) is 1. The summed E-state index contributed by atoms with van der Waals surface area (Å²) in [5.41, 5.74) is 0.244. The van der Waals surface area contributed by atoms with E-state index < -0.39 is 30.0 Å². The summed E-state index contributed by atoms with van der Waals surface area (Å²) in [6.45, 7) is 1.16. The number of carbonyl (C=O) groups excluding carboxylic acids is 3. The fraction of sp³-hybridized carbons (Fsp3) is 0.211. The second-order valence-corrected chi connectivity index (χ2v) is 5.57. The number of carbonyl (C=O) groups is 3. The quantitative estimate of drug-likeness (QED) is 0.607. The monoisotopic (exact) mass is 357 g/mol. The van der Waals surface area contributed by atoms with E-state index in [1.807, 2.05) is 0 Å². The van der Waals surface area contributed by atoms with Gasteiger partial charge in [-0.25, -0.2) is 4.39 Å². The van der Waals surface area contributed by atoms with Gasteiger partial charge >= 0.3 is 0 Å². The molecule has 7 heteroatoms. The lowest BCUT2D eigenvalue weighted by molar-refractivity contribution is -0.129. The maximum atomic E-state index is 13.9. The van der Waals surface area contributed by atoms with Crippen LogP contribution in [0.1, 0.15) is 27.6 Å². The molecular weight excluding hydrogens is 341 g/mol. The second-order valence-electron chi connectivity index (χ2n) is 5.57. The molecule has 0 aliphatic carbocycles. The summed E-state index contributed by atoms with van der Waals surface area (Å²) in [5, 5.41) is 0. The van der Waals surface area contributed by atoms with Crippen LogP contribution in [-0.4, -0.2) is 42.3 Å². The molecule has 2 amide bonds. The van der Waals surface area contributed by atoms with Crippen LogP contribution < -0.4 is 9.47 Å². The number of fused-ring (bicyclic) bond motifs is 1. The molecule has 2 aromatic carbocycles. The van der Waals surface area contributed by atoms with Crippen LogP contribution in [0.4, 0.5) is 4.39 Å². The lowest BCUT2D eigenvalue weighted by atomic mass is 10.1. The number of amides is 2. The molecule has 2 aromatic rings. The van der Waals surface area contributed by atoms with Gasteiger partial charge in [0.15, 0.2) is 24.0 Å². The largest absolute Gasteiger partial charge is 0.491 e. The van der Waals surface area contributed by atoms with Crippen molar-refractivity contribution in [2.24, 2.45) is 0 Å². The Labute approximate surface area is 149 Å². The van der Waals surface area contributed by atoms with Crippen molar-refractivity contribution >= 4 is 17.6 Å². The van der Waals surface area contributed by atoms with Crippen LogP contribution in [0.5, 0.6) is 11.5 Å². The highest BCUT2D eigenvalue weighted by Gasteiger charge is 2.31. The Balaban J connectivity index is 1.83. The normalized spacial score (nSPS) is 13.7. The summed E-state index contributed by atoms with van der Waals surface area (Å²) in [4.78, 5) is 38.1. The number of hydrogen-bond donors (Lipinski definition) is 0. The zero-order chi connectivity index (χ0) is 18.7. The summed E-state index contributed by atoms with van der Waals surface area (Å²) in [5.74, 6) is -2.18. The van der Waals surface area contributed by atoms with Crippen LogP contribution in [0.25, 0.3) is 0 Å². The first-order valence-electron chi connectivity index (χ1n) is 8.03. The first-order valence-corrected chi connectivity index (χ1v) is 8.03. The maximum absolute atomic E-state index is 13.9. The van der Waals surface area contributed by atoms with Gasteiger partial charge in [0.1, 0.15) is 5.75 Å². The Morgan fingerprint density at radius 3 is 2.73 bits per heavy atom. The van der Waals surface area contributed by atoms with Crippen LogP contribution in [0, 0.1) is 5.82 Å². The van der Waals surface area contributed by atoms with Crippen LogP contribution >= 0.6 is 0 Å². The van der Waals surface area contributed by atoms with Gasteiger partial charge in [-0.2, -0.15) is 0 Å². The number of halogens is 1. The van der Waals surface area contributed by atoms with Gasteiger partial charge in [-0.3, -0.25) is 19.3 Å². The Morgan fingerprint density at radius 2 is 2.00 bits per heavy atom. The molecule has 0 fully saturated rings. The van der Waals surface area contributed by atoms with Crippen LogP contribution in [0.2, 0.25) is 0 Å². The third-order valence-electron chi connectivity index (χ3n) is 3.87. The summed E-state index contributed by atoms with van der Waals surface area (Å²) in [7, 11) is 0. The number of para-hydroxylation sites is 1. The van der Waals surface area contributed by atoms with E-state index in [0.29, 0.717) is 6.61 Å². The molecule has 0 N–H and O–H groups in total. The smallest absolute Gasteiger partial charge is 0.267 e. The van der Waals surface area contributed by atoms with Gasteiger partial charge in [-0.1, -0.05) is 12.1 Å². The average molecular weight is 357 g/mol. The van der Waals surface area contributed by atoms with Gasteiger partial charge in [0.2, 0.25) is 0 Å². The molecule has 0 saturated carbocycles. The molecule has 3 rings (SSSR count). The van der Waals surface area contributed by atoms with Crippen molar-refractivity contribution in [3.05, 3.63) is 59.4 Å². The molecule has 0 spiro atoms. The van der Waals surface area contributed by atoms with Crippen molar-refractivity contribution < 1.29 is 28.2 Å². The Hall–Kier alpha value is -3.22. The molecule has 1 aliphatic rings. The number of rotatable bonds is 5. The Bertz CT molecular complexity index is 880. The van der Waals surface area contributed by atoms with E-state index in [1.54, 1.807) is 25.1 Å². The van der Waals surface area contributed by atoms with E-state index in [0.717, 1.165) is 11.0 Å².